The first-order valence-corrected chi connectivity index (χ1v) is 8.95. The van der Waals surface area contributed by atoms with Crippen molar-refractivity contribution in [2.45, 2.75) is 32.2 Å². The Morgan fingerprint density at radius 3 is 2.27 bits per heavy atom. The highest BCUT2D eigenvalue weighted by atomic mass is 16.2. The zero-order valence-corrected chi connectivity index (χ0v) is 14.9. The van der Waals surface area contributed by atoms with Gasteiger partial charge < -0.3 is 16.0 Å². The third-order valence-corrected chi connectivity index (χ3v) is 3.84. The van der Waals surface area contributed by atoms with Gasteiger partial charge in [-0.25, -0.2) is 4.79 Å². The number of nitrogens with zero attached hydrogens (tertiary/aromatic N) is 1. The summed E-state index contributed by atoms with van der Waals surface area (Å²) in [4.78, 5) is 27.5. The van der Waals surface area contributed by atoms with Gasteiger partial charge >= 0.3 is 6.03 Å². The molecule has 0 atom stereocenters. The molecule has 6 nitrogen and oxygen atoms in total. The van der Waals surface area contributed by atoms with E-state index in [-0.39, 0.29) is 11.9 Å². The molecule has 0 unspecified atom stereocenters. The number of pyridine rings is 1. The molecule has 3 N–H and O–H groups in total. The number of unbranched alkanes of at least 4 members (excludes halogenated alkanes) is 2. The van der Waals surface area contributed by atoms with Gasteiger partial charge in [-0.2, -0.15) is 0 Å². The number of urea groups is 1. The van der Waals surface area contributed by atoms with Crippen LogP contribution in [0.2, 0.25) is 0 Å². The zero-order valence-electron chi connectivity index (χ0n) is 14.9. The molecule has 0 bridgehead atoms. The minimum absolute atomic E-state index is 0.0106. The van der Waals surface area contributed by atoms with Crippen molar-refractivity contribution in [3.8, 4) is 0 Å². The number of carbonyl (C=O) groups is 2. The predicted molar refractivity (Wildman–Crippen MR) is 101 cm³/mol. The van der Waals surface area contributed by atoms with E-state index in [4.69, 9.17) is 0 Å². The number of rotatable bonds is 10. The maximum atomic E-state index is 11.8. The van der Waals surface area contributed by atoms with Crippen LogP contribution in [0.25, 0.3) is 0 Å². The number of hydrogen-bond donors (Lipinski definition) is 3. The zero-order chi connectivity index (χ0) is 18.5. The summed E-state index contributed by atoms with van der Waals surface area (Å²) in [5.41, 5.74) is 1.99. The third kappa shape index (κ3) is 8.28. The van der Waals surface area contributed by atoms with Gasteiger partial charge in [-0.3, -0.25) is 9.78 Å². The Balaban J connectivity index is 1.44. The van der Waals surface area contributed by atoms with E-state index in [1.54, 1.807) is 12.4 Å². The van der Waals surface area contributed by atoms with Crippen LogP contribution in [-0.4, -0.2) is 30.0 Å². The van der Waals surface area contributed by atoms with Crippen LogP contribution in [-0.2, 0) is 17.8 Å². The van der Waals surface area contributed by atoms with E-state index in [9.17, 15) is 9.59 Å². The van der Waals surface area contributed by atoms with Crippen molar-refractivity contribution < 1.29 is 9.59 Å². The minimum atomic E-state index is -0.154. The molecule has 2 aromatic rings. The normalized spacial score (nSPS) is 10.2. The predicted octanol–water partition coefficient (Wildman–Crippen LogP) is 2.41. The number of benzene rings is 1. The van der Waals surface area contributed by atoms with Crippen molar-refractivity contribution in [1.29, 1.82) is 0 Å². The van der Waals surface area contributed by atoms with Crippen LogP contribution in [0.3, 0.4) is 0 Å². The summed E-state index contributed by atoms with van der Waals surface area (Å²) in [5.74, 6) is 0.0106. The van der Waals surface area contributed by atoms with Crippen molar-refractivity contribution in [2.75, 3.05) is 13.1 Å². The summed E-state index contributed by atoms with van der Waals surface area (Å²) in [6.07, 6.45) is 6.48. The van der Waals surface area contributed by atoms with Crippen molar-refractivity contribution in [1.82, 2.24) is 20.9 Å². The lowest BCUT2D eigenvalue weighted by atomic mass is 10.2. The molecule has 26 heavy (non-hydrogen) atoms. The smallest absolute Gasteiger partial charge is 0.315 e. The van der Waals surface area contributed by atoms with Crippen molar-refractivity contribution in [3.05, 3.63) is 66.0 Å². The first kappa shape index (κ1) is 19.4. The highest BCUT2D eigenvalue weighted by Crippen LogP contribution is 1.98. The Bertz CT molecular complexity index is 662. The monoisotopic (exact) mass is 354 g/mol. The fourth-order valence-electron chi connectivity index (χ4n) is 2.45. The average molecular weight is 354 g/mol. The Morgan fingerprint density at radius 2 is 1.54 bits per heavy atom. The first-order chi connectivity index (χ1) is 12.7. The lowest BCUT2D eigenvalue weighted by Crippen LogP contribution is -2.35. The molecule has 0 saturated heterocycles. The second-order valence-corrected chi connectivity index (χ2v) is 6.04. The molecule has 0 fully saturated rings. The number of amides is 3. The average Bonchev–Trinajstić information content (AvgIpc) is 2.67. The Hall–Kier alpha value is -2.89. The molecule has 0 aliphatic carbocycles. The molecule has 0 aliphatic heterocycles. The van der Waals surface area contributed by atoms with Gasteiger partial charge in [0.1, 0.15) is 0 Å². The van der Waals surface area contributed by atoms with E-state index in [1.807, 2.05) is 42.5 Å². The van der Waals surface area contributed by atoms with E-state index < -0.39 is 0 Å². The van der Waals surface area contributed by atoms with Crippen molar-refractivity contribution >= 4 is 11.9 Å². The molecular weight excluding hydrogens is 328 g/mol. The van der Waals surface area contributed by atoms with Crippen LogP contribution in [0.5, 0.6) is 0 Å². The highest BCUT2D eigenvalue weighted by molar-refractivity contribution is 5.78. The molecule has 0 aliphatic rings. The molecule has 1 aromatic carbocycles. The number of hydrogen-bond acceptors (Lipinski definition) is 3. The topological polar surface area (TPSA) is 83.1 Å². The van der Waals surface area contributed by atoms with Gasteiger partial charge in [0.2, 0.25) is 5.91 Å². The molecule has 138 valence electrons. The first-order valence-electron chi connectivity index (χ1n) is 8.95. The van der Waals surface area contributed by atoms with Gasteiger partial charge in [0.25, 0.3) is 0 Å². The fourth-order valence-corrected chi connectivity index (χ4v) is 2.45. The second kappa shape index (κ2) is 11.6. The van der Waals surface area contributed by atoms with Gasteiger partial charge in [-0.1, -0.05) is 36.4 Å². The molecule has 0 spiro atoms. The SMILES string of the molecule is O=C(Cc1cccnc1)NCCCCCNC(=O)NCc1ccccc1. The molecule has 1 aromatic heterocycles. The second-order valence-electron chi connectivity index (χ2n) is 6.04. The Kier molecular flexibility index (Phi) is 8.69. The number of nitrogens with one attached hydrogen (secondary N) is 3. The lowest BCUT2D eigenvalue weighted by Gasteiger charge is -2.08. The summed E-state index contributed by atoms with van der Waals surface area (Å²) in [6, 6.07) is 13.4. The van der Waals surface area contributed by atoms with Gasteiger partial charge in [-0.05, 0) is 36.5 Å². The summed E-state index contributed by atoms with van der Waals surface area (Å²) in [6.45, 7) is 1.80. The van der Waals surface area contributed by atoms with E-state index in [0.29, 0.717) is 26.1 Å². The summed E-state index contributed by atoms with van der Waals surface area (Å²) >= 11 is 0. The minimum Gasteiger partial charge on any atom is -0.356 e. The van der Waals surface area contributed by atoms with E-state index in [0.717, 1.165) is 30.4 Å². The van der Waals surface area contributed by atoms with E-state index in [2.05, 4.69) is 20.9 Å². The van der Waals surface area contributed by atoms with Crippen LogP contribution < -0.4 is 16.0 Å². The van der Waals surface area contributed by atoms with Gasteiger partial charge in [0, 0.05) is 32.0 Å². The number of aromatic nitrogens is 1. The fraction of sp³-hybridized carbons (Fsp3) is 0.350. The van der Waals surface area contributed by atoms with Gasteiger partial charge in [0.15, 0.2) is 0 Å². The largest absolute Gasteiger partial charge is 0.356 e. The van der Waals surface area contributed by atoms with E-state index >= 15 is 0 Å². The van der Waals surface area contributed by atoms with Crippen molar-refractivity contribution in [2.24, 2.45) is 0 Å². The third-order valence-electron chi connectivity index (χ3n) is 3.84. The number of carbonyl (C=O) groups excluding carboxylic acids is 2. The van der Waals surface area contributed by atoms with Crippen LogP contribution >= 0.6 is 0 Å². The summed E-state index contributed by atoms with van der Waals surface area (Å²) < 4.78 is 0. The Morgan fingerprint density at radius 1 is 0.808 bits per heavy atom. The van der Waals surface area contributed by atoms with Crippen LogP contribution in [0.4, 0.5) is 4.79 Å². The molecule has 6 heteroatoms. The molecule has 0 radical (unpaired) electrons. The van der Waals surface area contributed by atoms with Crippen LogP contribution in [0, 0.1) is 0 Å². The lowest BCUT2D eigenvalue weighted by molar-refractivity contribution is -0.120. The van der Waals surface area contributed by atoms with Crippen LogP contribution in [0.15, 0.2) is 54.9 Å². The van der Waals surface area contributed by atoms with Gasteiger partial charge in [0.05, 0.1) is 6.42 Å². The molecule has 0 saturated carbocycles. The quantitative estimate of drug-likeness (QED) is 0.573. The van der Waals surface area contributed by atoms with Crippen molar-refractivity contribution in [3.63, 3.8) is 0 Å². The standard InChI is InChI=1S/C20H26N4O2/c25-19(14-18-10-7-11-21-15-18)22-12-5-2-6-13-23-20(26)24-16-17-8-3-1-4-9-17/h1,3-4,7-11,15H,2,5-6,12-14,16H2,(H,22,25)(H2,23,24,26). The molecule has 3 amide bonds. The molecule has 1 heterocycles. The Labute approximate surface area is 154 Å². The molecule has 2 rings (SSSR count). The summed E-state index contributed by atoms with van der Waals surface area (Å²) in [5, 5.41) is 8.57. The van der Waals surface area contributed by atoms with Crippen LogP contribution in [0.1, 0.15) is 30.4 Å². The maximum Gasteiger partial charge on any atom is 0.315 e. The highest BCUT2D eigenvalue weighted by Gasteiger charge is 2.03. The van der Waals surface area contributed by atoms with E-state index in [1.165, 1.54) is 0 Å². The maximum absolute atomic E-state index is 11.8. The van der Waals surface area contributed by atoms with Gasteiger partial charge in [-0.15, -0.1) is 0 Å². The summed E-state index contributed by atoms with van der Waals surface area (Å²) in [7, 11) is 0. The molecular formula is C20H26N4O2.